The van der Waals surface area contributed by atoms with Crippen molar-refractivity contribution in [2.24, 2.45) is 0 Å². The van der Waals surface area contributed by atoms with Gasteiger partial charge in [-0.15, -0.1) is 0 Å². The predicted molar refractivity (Wildman–Crippen MR) is 103 cm³/mol. The van der Waals surface area contributed by atoms with Crippen LogP contribution < -0.4 is 19.5 Å². The summed E-state index contributed by atoms with van der Waals surface area (Å²) in [5.74, 6) is 1.79. The second-order valence-corrected chi connectivity index (χ2v) is 6.39. The molecule has 26 heavy (non-hydrogen) atoms. The molecule has 0 aliphatic heterocycles. The Hall–Kier alpha value is -2.11. The third-order valence-electron chi connectivity index (χ3n) is 3.77. The Bertz CT molecular complexity index is 767. The zero-order valence-electron chi connectivity index (χ0n) is 14.8. The average Bonchev–Trinajstić information content (AvgIpc) is 2.63. The van der Waals surface area contributed by atoms with Gasteiger partial charge >= 0.3 is 0 Å². The standard InChI is InChI=1S/C19H21Cl2NO4/c1-12(15-6-4-13(24-2)11-18(15)25-3)22-19(23)8-9-26-14-5-7-16(20)17(21)10-14/h4-7,10-12H,8-9H2,1-3H3,(H,22,23). The molecule has 0 bridgehead atoms. The van der Waals surface area contributed by atoms with Crippen LogP contribution >= 0.6 is 23.2 Å². The minimum absolute atomic E-state index is 0.129. The van der Waals surface area contributed by atoms with Gasteiger partial charge in [0.2, 0.25) is 5.91 Å². The number of hydrogen-bond acceptors (Lipinski definition) is 4. The Morgan fingerprint density at radius 3 is 2.42 bits per heavy atom. The molecule has 1 atom stereocenters. The molecule has 0 aliphatic rings. The fraction of sp³-hybridized carbons (Fsp3) is 0.316. The molecule has 2 aromatic rings. The normalized spacial score (nSPS) is 11.6. The molecule has 140 valence electrons. The summed E-state index contributed by atoms with van der Waals surface area (Å²) in [5, 5.41) is 3.80. The molecule has 5 nitrogen and oxygen atoms in total. The molecule has 0 saturated carbocycles. The molecule has 2 rings (SSSR count). The van der Waals surface area contributed by atoms with E-state index in [0.717, 1.165) is 5.56 Å². The van der Waals surface area contributed by atoms with Gasteiger partial charge in [0.25, 0.3) is 0 Å². The fourth-order valence-corrected chi connectivity index (χ4v) is 2.68. The highest BCUT2D eigenvalue weighted by atomic mass is 35.5. The summed E-state index contributed by atoms with van der Waals surface area (Å²) in [6, 6.07) is 10.2. The van der Waals surface area contributed by atoms with Gasteiger partial charge < -0.3 is 19.5 Å². The zero-order valence-corrected chi connectivity index (χ0v) is 16.4. The highest BCUT2D eigenvalue weighted by molar-refractivity contribution is 6.42. The Morgan fingerprint density at radius 2 is 1.77 bits per heavy atom. The first-order valence-corrected chi connectivity index (χ1v) is 8.79. The molecule has 2 aromatic carbocycles. The number of carbonyl (C=O) groups excluding carboxylic acids is 1. The summed E-state index contributed by atoms with van der Waals surface area (Å²) in [7, 11) is 3.17. The number of nitrogens with one attached hydrogen (secondary N) is 1. The van der Waals surface area contributed by atoms with Gasteiger partial charge in [-0.1, -0.05) is 23.2 Å². The summed E-state index contributed by atoms with van der Waals surface area (Å²) < 4.78 is 16.1. The van der Waals surface area contributed by atoms with E-state index in [-0.39, 0.29) is 25.0 Å². The van der Waals surface area contributed by atoms with Crippen LogP contribution in [0.2, 0.25) is 10.0 Å². The van der Waals surface area contributed by atoms with E-state index in [1.807, 2.05) is 19.1 Å². The maximum absolute atomic E-state index is 12.2. The molecule has 0 spiro atoms. The van der Waals surface area contributed by atoms with Crippen LogP contribution in [0.3, 0.4) is 0 Å². The largest absolute Gasteiger partial charge is 0.497 e. The Labute approximate surface area is 163 Å². The third kappa shape index (κ3) is 5.44. The van der Waals surface area contributed by atoms with Crippen molar-refractivity contribution in [3.8, 4) is 17.2 Å². The van der Waals surface area contributed by atoms with E-state index in [0.29, 0.717) is 27.3 Å². The summed E-state index contributed by atoms with van der Waals surface area (Å²) in [5.41, 5.74) is 0.868. The minimum atomic E-state index is -0.215. The molecular formula is C19H21Cl2NO4. The minimum Gasteiger partial charge on any atom is -0.497 e. The SMILES string of the molecule is COc1ccc(C(C)NC(=O)CCOc2ccc(Cl)c(Cl)c2)c(OC)c1. The van der Waals surface area contributed by atoms with Crippen LogP contribution in [-0.4, -0.2) is 26.7 Å². The van der Waals surface area contributed by atoms with E-state index in [4.69, 9.17) is 37.4 Å². The fourth-order valence-electron chi connectivity index (χ4n) is 2.40. The zero-order chi connectivity index (χ0) is 19.1. The Morgan fingerprint density at radius 1 is 1.04 bits per heavy atom. The van der Waals surface area contributed by atoms with Crippen LogP contribution in [0, 0.1) is 0 Å². The molecule has 0 saturated heterocycles. The highest BCUT2D eigenvalue weighted by Crippen LogP contribution is 2.29. The number of rotatable bonds is 8. The van der Waals surface area contributed by atoms with Gasteiger partial charge in [-0.3, -0.25) is 4.79 Å². The molecule has 0 aromatic heterocycles. The maximum atomic E-state index is 12.2. The number of ether oxygens (including phenoxy) is 3. The van der Waals surface area contributed by atoms with Crippen LogP contribution in [0.5, 0.6) is 17.2 Å². The lowest BCUT2D eigenvalue weighted by atomic mass is 10.1. The van der Waals surface area contributed by atoms with Crippen molar-refractivity contribution in [3.05, 3.63) is 52.0 Å². The topological polar surface area (TPSA) is 56.8 Å². The van der Waals surface area contributed by atoms with E-state index in [9.17, 15) is 4.79 Å². The Balaban J connectivity index is 1.88. The molecule has 7 heteroatoms. The van der Waals surface area contributed by atoms with Gasteiger partial charge in [-0.25, -0.2) is 0 Å². The lowest BCUT2D eigenvalue weighted by Gasteiger charge is -2.18. The summed E-state index contributed by atoms with van der Waals surface area (Å²) in [4.78, 5) is 12.2. The van der Waals surface area contributed by atoms with Gasteiger partial charge in [0.15, 0.2) is 0 Å². The molecule has 0 heterocycles. The molecule has 1 amide bonds. The Kier molecular flexibility index (Phi) is 7.42. The molecule has 0 radical (unpaired) electrons. The smallest absolute Gasteiger partial charge is 0.223 e. The van der Waals surface area contributed by atoms with Crippen molar-refractivity contribution >= 4 is 29.1 Å². The first-order valence-electron chi connectivity index (χ1n) is 8.03. The van der Waals surface area contributed by atoms with Crippen molar-refractivity contribution in [1.82, 2.24) is 5.32 Å². The highest BCUT2D eigenvalue weighted by Gasteiger charge is 2.15. The van der Waals surface area contributed by atoms with Crippen LogP contribution in [0.1, 0.15) is 24.9 Å². The van der Waals surface area contributed by atoms with Crippen LogP contribution in [0.25, 0.3) is 0 Å². The lowest BCUT2D eigenvalue weighted by molar-refractivity contribution is -0.122. The van der Waals surface area contributed by atoms with Gasteiger partial charge in [0, 0.05) is 17.7 Å². The van der Waals surface area contributed by atoms with E-state index < -0.39 is 0 Å². The quantitative estimate of drug-likeness (QED) is 0.703. The number of hydrogen-bond donors (Lipinski definition) is 1. The second-order valence-electron chi connectivity index (χ2n) is 5.57. The van der Waals surface area contributed by atoms with Crippen molar-refractivity contribution in [2.75, 3.05) is 20.8 Å². The summed E-state index contributed by atoms with van der Waals surface area (Å²) in [6.45, 7) is 2.12. The molecular weight excluding hydrogens is 377 g/mol. The van der Waals surface area contributed by atoms with Gasteiger partial charge in [-0.2, -0.15) is 0 Å². The molecule has 1 N–H and O–H groups in total. The average molecular weight is 398 g/mol. The predicted octanol–water partition coefficient (Wildman–Crippen LogP) is 4.66. The number of methoxy groups -OCH3 is 2. The van der Waals surface area contributed by atoms with Gasteiger partial charge in [-0.05, 0) is 31.2 Å². The lowest BCUT2D eigenvalue weighted by Crippen LogP contribution is -2.28. The van der Waals surface area contributed by atoms with Crippen molar-refractivity contribution < 1.29 is 19.0 Å². The third-order valence-corrected chi connectivity index (χ3v) is 4.51. The van der Waals surface area contributed by atoms with Crippen molar-refractivity contribution in [1.29, 1.82) is 0 Å². The van der Waals surface area contributed by atoms with Crippen molar-refractivity contribution in [2.45, 2.75) is 19.4 Å². The molecule has 0 aliphatic carbocycles. The number of amides is 1. The molecule has 1 unspecified atom stereocenters. The van der Waals surface area contributed by atoms with E-state index >= 15 is 0 Å². The second kappa shape index (κ2) is 9.55. The van der Waals surface area contributed by atoms with Crippen LogP contribution in [0.4, 0.5) is 0 Å². The first kappa shape index (κ1) is 20.2. The van der Waals surface area contributed by atoms with Crippen molar-refractivity contribution in [3.63, 3.8) is 0 Å². The first-order chi connectivity index (χ1) is 12.4. The van der Waals surface area contributed by atoms with E-state index in [1.54, 1.807) is 38.5 Å². The van der Waals surface area contributed by atoms with Crippen LogP contribution in [0.15, 0.2) is 36.4 Å². The number of benzene rings is 2. The number of carbonyl (C=O) groups is 1. The summed E-state index contributed by atoms with van der Waals surface area (Å²) in [6.07, 6.45) is 0.211. The monoisotopic (exact) mass is 397 g/mol. The maximum Gasteiger partial charge on any atom is 0.223 e. The molecule has 0 fully saturated rings. The van der Waals surface area contributed by atoms with E-state index in [2.05, 4.69) is 5.32 Å². The van der Waals surface area contributed by atoms with Gasteiger partial charge in [0.05, 0.1) is 43.3 Å². The van der Waals surface area contributed by atoms with E-state index in [1.165, 1.54) is 0 Å². The number of halogens is 2. The van der Waals surface area contributed by atoms with Crippen LogP contribution in [-0.2, 0) is 4.79 Å². The van der Waals surface area contributed by atoms with Gasteiger partial charge in [0.1, 0.15) is 17.2 Å². The summed E-state index contributed by atoms with van der Waals surface area (Å²) >= 11 is 11.8.